The maximum atomic E-state index is 13.5. The molecule has 6 aromatic rings. The zero-order valence-corrected chi connectivity index (χ0v) is 19.4. The van der Waals surface area contributed by atoms with Gasteiger partial charge in [-0.3, -0.25) is 4.79 Å². The van der Waals surface area contributed by atoms with Gasteiger partial charge in [-0.1, -0.05) is 53.3 Å². The molecule has 3 aromatic heterocycles. The number of hydrogen-bond acceptors (Lipinski definition) is 5. The largest absolute Gasteiger partial charge is 0.291 e. The number of para-hydroxylation sites is 1. The summed E-state index contributed by atoms with van der Waals surface area (Å²) in [6.45, 7) is 2.00. The summed E-state index contributed by atoms with van der Waals surface area (Å²) in [5.41, 5.74) is 4.74. The minimum Gasteiger partial charge on any atom is -0.266 e. The second-order valence-electron chi connectivity index (χ2n) is 8.14. The molecule has 0 unspecified atom stereocenters. The second-order valence-corrected chi connectivity index (χ2v) is 9.14. The van der Waals surface area contributed by atoms with E-state index < -0.39 is 0 Å². The maximum Gasteiger partial charge on any atom is 0.291 e. The van der Waals surface area contributed by atoms with E-state index in [-0.39, 0.29) is 11.4 Å². The number of halogens is 1. The van der Waals surface area contributed by atoms with Crippen LogP contribution in [-0.4, -0.2) is 24.4 Å². The number of nitrogens with zero attached hydrogens (tertiary/aromatic N) is 5. The van der Waals surface area contributed by atoms with Crippen LogP contribution in [0.5, 0.6) is 0 Å². The van der Waals surface area contributed by atoms with Gasteiger partial charge in [-0.15, -0.1) is 5.10 Å². The quantitative estimate of drug-likeness (QED) is 0.369. The third-order valence-corrected chi connectivity index (χ3v) is 6.58. The number of hydrogen-bond donors (Lipinski definition) is 0. The first kappa shape index (κ1) is 21.1. The lowest BCUT2D eigenvalue weighted by Crippen LogP contribution is -2.23. The molecule has 6 nitrogen and oxygen atoms in total. The summed E-state index contributed by atoms with van der Waals surface area (Å²) in [6, 6.07) is 23.7. The van der Waals surface area contributed by atoms with Crippen molar-refractivity contribution in [1.82, 2.24) is 24.4 Å². The lowest BCUT2D eigenvalue weighted by Gasteiger charge is -2.00. The van der Waals surface area contributed by atoms with Crippen LogP contribution < -0.4 is 10.1 Å². The molecule has 0 saturated heterocycles. The van der Waals surface area contributed by atoms with Crippen molar-refractivity contribution in [3.05, 3.63) is 117 Å². The Morgan fingerprint density at radius 2 is 1.71 bits per heavy atom. The molecule has 0 atom stereocenters. The first-order valence-corrected chi connectivity index (χ1v) is 11.8. The molecule has 0 aliphatic rings. The Bertz CT molecular complexity index is 1790. The van der Waals surface area contributed by atoms with Crippen LogP contribution >= 0.6 is 11.3 Å². The predicted molar refractivity (Wildman–Crippen MR) is 135 cm³/mol. The zero-order chi connectivity index (χ0) is 23.9. The molecule has 0 fully saturated rings. The Balaban J connectivity index is 1.49. The van der Waals surface area contributed by atoms with Gasteiger partial charge in [0.15, 0.2) is 5.82 Å². The normalized spacial score (nSPS) is 12.0. The molecule has 6 rings (SSSR count). The molecule has 0 aliphatic heterocycles. The molecule has 0 N–H and O–H groups in total. The van der Waals surface area contributed by atoms with Crippen LogP contribution in [0, 0.1) is 12.7 Å². The van der Waals surface area contributed by atoms with E-state index in [9.17, 15) is 9.18 Å². The fourth-order valence-electron chi connectivity index (χ4n) is 3.92. The molecule has 0 spiro atoms. The van der Waals surface area contributed by atoms with Gasteiger partial charge in [0.1, 0.15) is 11.5 Å². The Morgan fingerprint density at radius 3 is 2.46 bits per heavy atom. The van der Waals surface area contributed by atoms with Crippen molar-refractivity contribution in [2.45, 2.75) is 6.92 Å². The van der Waals surface area contributed by atoms with E-state index in [1.54, 1.807) is 22.9 Å². The average molecular weight is 480 g/mol. The fourth-order valence-corrected chi connectivity index (χ4v) is 4.82. The summed E-state index contributed by atoms with van der Waals surface area (Å²) in [7, 11) is 0. The van der Waals surface area contributed by atoms with Crippen LogP contribution in [0.25, 0.3) is 39.4 Å². The van der Waals surface area contributed by atoms with Crippen LogP contribution in [0.1, 0.15) is 11.1 Å². The summed E-state index contributed by atoms with van der Waals surface area (Å²) < 4.78 is 17.1. The molecule has 0 amide bonds. The van der Waals surface area contributed by atoms with Gasteiger partial charge in [-0.05, 0) is 55.5 Å². The fraction of sp³-hybridized carbons (Fsp3) is 0.0370. The minimum atomic E-state index is -0.321. The van der Waals surface area contributed by atoms with Gasteiger partial charge in [0, 0.05) is 22.9 Å². The third kappa shape index (κ3) is 3.94. The minimum absolute atomic E-state index is 0.242. The van der Waals surface area contributed by atoms with E-state index in [0.29, 0.717) is 21.0 Å². The molecule has 0 radical (unpaired) electrons. The van der Waals surface area contributed by atoms with Crippen LogP contribution in [0.15, 0.2) is 89.9 Å². The zero-order valence-electron chi connectivity index (χ0n) is 18.6. The number of rotatable bonds is 4. The molecule has 8 heteroatoms. The van der Waals surface area contributed by atoms with E-state index in [0.717, 1.165) is 27.9 Å². The highest BCUT2D eigenvalue weighted by atomic mass is 32.1. The summed E-state index contributed by atoms with van der Waals surface area (Å²) in [4.78, 5) is 18.3. The number of fused-ring (bicyclic) bond motifs is 1. The van der Waals surface area contributed by atoms with E-state index in [2.05, 4.69) is 10.1 Å². The highest BCUT2D eigenvalue weighted by Gasteiger charge is 2.15. The van der Waals surface area contributed by atoms with Gasteiger partial charge in [0.25, 0.3) is 5.56 Å². The first-order chi connectivity index (χ1) is 17.0. The van der Waals surface area contributed by atoms with Crippen molar-refractivity contribution >= 4 is 22.4 Å². The number of thiazole rings is 1. The van der Waals surface area contributed by atoms with E-state index in [1.807, 2.05) is 67.7 Å². The van der Waals surface area contributed by atoms with Crippen molar-refractivity contribution in [1.29, 1.82) is 0 Å². The lowest BCUT2D eigenvalue weighted by molar-refractivity contribution is 0.628. The molecule has 0 bridgehead atoms. The SMILES string of the molecule is Cc1cccc(-c2nc3sc(=Cc4cn(-c5ccccc5)nc4-c4ccc(F)cc4)c(=O)n3n2)c1. The molecular weight excluding hydrogens is 461 g/mol. The molecule has 3 heterocycles. The highest BCUT2D eigenvalue weighted by molar-refractivity contribution is 7.15. The van der Waals surface area contributed by atoms with E-state index in [1.165, 1.54) is 28.0 Å². The van der Waals surface area contributed by atoms with Crippen LogP contribution in [-0.2, 0) is 0 Å². The summed E-state index contributed by atoms with van der Waals surface area (Å²) in [5, 5.41) is 9.19. The van der Waals surface area contributed by atoms with Crippen LogP contribution in [0.2, 0.25) is 0 Å². The van der Waals surface area contributed by atoms with Gasteiger partial charge in [-0.2, -0.15) is 14.6 Å². The molecular formula is C27H18FN5OS. The third-order valence-electron chi connectivity index (χ3n) is 5.63. The van der Waals surface area contributed by atoms with E-state index in [4.69, 9.17) is 5.10 Å². The summed E-state index contributed by atoms with van der Waals surface area (Å²) in [5.74, 6) is 0.200. The van der Waals surface area contributed by atoms with Gasteiger partial charge >= 0.3 is 0 Å². The Hall–Kier alpha value is -4.43. The summed E-state index contributed by atoms with van der Waals surface area (Å²) in [6.07, 6.45) is 3.66. The lowest BCUT2D eigenvalue weighted by atomic mass is 10.1. The van der Waals surface area contributed by atoms with E-state index >= 15 is 0 Å². The van der Waals surface area contributed by atoms with Crippen molar-refractivity contribution in [2.75, 3.05) is 0 Å². The Morgan fingerprint density at radius 1 is 0.914 bits per heavy atom. The highest BCUT2D eigenvalue weighted by Crippen LogP contribution is 2.25. The molecule has 170 valence electrons. The van der Waals surface area contributed by atoms with Gasteiger partial charge in [-0.25, -0.2) is 9.07 Å². The number of benzene rings is 3. The van der Waals surface area contributed by atoms with Crippen molar-refractivity contribution < 1.29 is 4.39 Å². The van der Waals surface area contributed by atoms with Gasteiger partial charge < -0.3 is 0 Å². The first-order valence-electron chi connectivity index (χ1n) is 10.9. The van der Waals surface area contributed by atoms with Crippen molar-refractivity contribution in [3.8, 4) is 28.3 Å². The Labute approximate surface area is 203 Å². The average Bonchev–Trinajstić information content (AvgIpc) is 3.56. The molecule has 0 saturated carbocycles. The Kier molecular flexibility index (Phi) is 5.08. The topological polar surface area (TPSA) is 65.1 Å². The van der Waals surface area contributed by atoms with Gasteiger partial charge in [0.2, 0.25) is 4.96 Å². The molecule has 3 aromatic carbocycles. The second kappa shape index (κ2) is 8.41. The van der Waals surface area contributed by atoms with Crippen LogP contribution in [0.4, 0.5) is 4.39 Å². The maximum absolute atomic E-state index is 13.5. The van der Waals surface area contributed by atoms with Gasteiger partial charge in [0.05, 0.1) is 10.2 Å². The van der Waals surface area contributed by atoms with Crippen molar-refractivity contribution in [3.63, 3.8) is 0 Å². The number of aromatic nitrogens is 5. The standard InChI is InChI=1S/C27H18FN5OS/c1-17-6-5-7-19(14-17)25-29-27-33(31-25)26(34)23(35-27)15-20-16-32(22-8-3-2-4-9-22)30-24(20)18-10-12-21(28)13-11-18/h2-16H,1H3. The predicted octanol–water partition coefficient (Wildman–Crippen LogP) is 4.67. The number of aryl methyl sites for hydroxylation is 1. The summed E-state index contributed by atoms with van der Waals surface area (Å²) >= 11 is 1.27. The smallest absolute Gasteiger partial charge is 0.266 e. The molecule has 35 heavy (non-hydrogen) atoms. The van der Waals surface area contributed by atoms with Crippen LogP contribution in [0.3, 0.4) is 0 Å². The molecule has 0 aliphatic carbocycles. The van der Waals surface area contributed by atoms with Crippen molar-refractivity contribution in [2.24, 2.45) is 0 Å². The monoisotopic (exact) mass is 479 g/mol.